The Labute approximate surface area is 386 Å². The lowest BCUT2D eigenvalue weighted by Crippen LogP contribution is -2.09. The molecular weight excluding hydrogens is 803 g/mol. The third-order valence-corrected chi connectivity index (χ3v) is 14.0. The molecule has 0 bridgehead atoms. The molecule has 0 fully saturated rings. The van der Waals surface area contributed by atoms with E-state index in [9.17, 15) is 0 Å². The molecule has 5 nitrogen and oxygen atoms in total. The van der Waals surface area contributed by atoms with Crippen LogP contribution in [0.1, 0.15) is 90.8 Å². The van der Waals surface area contributed by atoms with Gasteiger partial charge in [0.2, 0.25) is 0 Å². The van der Waals surface area contributed by atoms with E-state index in [1.807, 2.05) is 12.4 Å². The lowest BCUT2D eigenvalue weighted by Gasteiger charge is -2.24. The molecule has 66 heavy (non-hydrogen) atoms. The molecule has 3 aliphatic carbocycles. The van der Waals surface area contributed by atoms with Gasteiger partial charge in [0.15, 0.2) is 5.82 Å². The second-order valence-electron chi connectivity index (χ2n) is 18.1. The molecule has 0 spiro atoms. The lowest BCUT2D eigenvalue weighted by atomic mass is 9.82. The van der Waals surface area contributed by atoms with Crippen molar-refractivity contribution < 1.29 is 0 Å². The second kappa shape index (κ2) is 17.4. The minimum atomic E-state index is 0.110. The molecule has 9 aromatic rings. The van der Waals surface area contributed by atoms with Gasteiger partial charge >= 0.3 is 0 Å². The summed E-state index contributed by atoms with van der Waals surface area (Å²) in [5.41, 5.74) is 15.7. The Morgan fingerprint density at radius 1 is 0.500 bits per heavy atom. The molecule has 0 saturated carbocycles. The largest absolute Gasteiger partial charge is 0.264 e. The first kappa shape index (κ1) is 39.9. The molecule has 4 aromatic heterocycles. The standard InChI is InChI=1S/C61H49N5/c1-4-14-40(15-5-1)54-37-56(64-60-53(54)30-28-43-29-31-55(63-59(43)60)41-16-6-2-7-17-41)47-23-10-20-44(34-47)45-21-11-25-49(35-45)61-65-57(42-18-8-3-9-19-42)38-58(66-61)48-24-12-22-46(36-48)51-27-13-26-50-39-62-33-32-52(50)51/h1-4,6-11,13,16-22,25-35,37-40,47-48H,5,12,14-15,23-24,36H2. The minimum absolute atomic E-state index is 0.110. The Bertz CT molecular complexity index is 3410. The van der Waals surface area contributed by atoms with Crippen molar-refractivity contribution in [1.82, 2.24) is 24.9 Å². The number of hydrogen-bond donors (Lipinski definition) is 0. The molecule has 0 saturated heterocycles. The molecule has 3 atom stereocenters. The molecule has 5 heteroatoms. The van der Waals surface area contributed by atoms with Crippen LogP contribution in [0, 0.1) is 0 Å². The maximum absolute atomic E-state index is 5.56. The molecule has 3 unspecified atom stereocenters. The maximum Gasteiger partial charge on any atom is 0.160 e. The van der Waals surface area contributed by atoms with Gasteiger partial charge in [-0.2, -0.15) is 0 Å². The highest BCUT2D eigenvalue weighted by Crippen LogP contribution is 2.42. The van der Waals surface area contributed by atoms with Crippen molar-refractivity contribution in [3.05, 3.63) is 223 Å². The fourth-order valence-corrected chi connectivity index (χ4v) is 10.6. The summed E-state index contributed by atoms with van der Waals surface area (Å²) in [4.78, 5) is 26.0. The highest BCUT2D eigenvalue weighted by atomic mass is 14.9. The molecule has 12 rings (SSSR count). The summed E-state index contributed by atoms with van der Waals surface area (Å²) in [5, 5.41) is 4.75. The predicted octanol–water partition coefficient (Wildman–Crippen LogP) is 15.4. The van der Waals surface area contributed by atoms with E-state index in [1.54, 1.807) is 0 Å². The highest BCUT2D eigenvalue weighted by Gasteiger charge is 2.25. The van der Waals surface area contributed by atoms with Gasteiger partial charge in [0, 0.05) is 68.5 Å². The summed E-state index contributed by atoms with van der Waals surface area (Å²) in [5.74, 6) is 1.57. The highest BCUT2D eigenvalue weighted by molar-refractivity contribution is 6.05. The quantitative estimate of drug-likeness (QED) is 0.113. The predicted molar refractivity (Wildman–Crippen MR) is 272 cm³/mol. The summed E-state index contributed by atoms with van der Waals surface area (Å²) >= 11 is 0. The van der Waals surface area contributed by atoms with Crippen LogP contribution in [-0.2, 0) is 0 Å². The van der Waals surface area contributed by atoms with Crippen LogP contribution in [0.15, 0.2) is 194 Å². The smallest absolute Gasteiger partial charge is 0.160 e. The van der Waals surface area contributed by atoms with Crippen molar-refractivity contribution in [2.45, 2.75) is 62.7 Å². The Balaban J connectivity index is 0.915. The first-order chi connectivity index (χ1) is 32.7. The van der Waals surface area contributed by atoms with Gasteiger partial charge in [-0.05, 0) is 114 Å². The zero-order valence-corrected chi connectivity index (χ0v) is 36.9. The fourth-order valence-electron chi connectivity index (χ4n) is 10.6. The summed E-state index contributed by atoms with van der Waals surface area (Å²) in [6.45, 7) is 0. The van der Waals surface area contributed by atoms with E-state index in [-0.39, 0.29) is 11.8 Å². The van der Waals surface area contributed by atoms with E-state index in [0.29, 0.717) is 5.92 Å². The van der Waals surface area contributed by atoms with E-state index in [1.165, 1.54) is 38.4 Å². The number of aromatic nitrogens is 5. The molecule has 0 radical (unpaired) electrons. The van der Waals surface area contributed by atoms with Crippen LogP contribution in [0.5, 0.6) is 0 Å². The average Bonchev–Trinajstić information content (AvgIpc) is 3.41. The Morgan fingerprint density at radius 3 is 2.17 bits per heavy atom. The number of fused-ring (bicyclic) bond motifs is 4. The third kappa shape index (κ3) is 7.75. The molecule has 318 valence electrons. The molecule has 4 heterocycles. The molecule has 0 aliphatic heterocycles. The third-order valence-electron chi connectivity index (χ3n) is 14.0. The molecule has 0 N–H and O–H groups in total. The Morgan fingerprint density at radius 2 is 1.30 bits per heavy atom. The number of nitrogens with zero attached hydrogens (tertiary/aromatic N) is 5. The molecular formula is C61H49N5. The Hall–Kier alpha value is -7.63. The van der Waals surface area contributed by atoms with Gasteiger partial charge in [-0.3, -0.25) is 4.98 Å². The summed E-state index contributed by atoms with van der Waals surface area (Å²) in [6, 6.07) is 52.0. The summed E-state index contributed by atoms with van der Waals surface area (Å²) < 4.78 is 0. The first-order valence-electron chi connectivity index (χ1n) is 23.6. The number of hydrogen-bond acceptors (Lipinski definition) is 5. The fraction of sp³-hybridized carbons (Fsp3) is 0.164. The molecule has 0 amide bonds. The molecule has 5 aromatic carbocycles. The van der Waals surface area contributed by atoms with E-state index >= 15 is 0 Å². The summed E-state index contributed by atoms with van der Waals surface area (Å²) in [7, 11) is 0. The number of rotatable bonds is 8. The van der Waals surface area contributed by atoms with Crippen molar-refractivity contribution in [3.8, 4) is 33.9 Å². The van der Waals surface area contributed by atoms with Crippen molar-refractivity contribution in [2.24, 2.45) is 0 Å². The van der Waals surface area contributed by atoms with Crippen LogP contribution in [-0.4, -0.2) is 24.9 Å². The topological polar surface area (TPSA) is 64.5 Å². The average molecular weight is 852 g/mol. The first-order valence-corrected chi connectivity index (χ1v) is 23.6. The van der Waals surface area contributed by atoms with Crippen LogP contribution >= 0.6 is 0 Å². The van der Waals surface area contributed by atoms with E-state index in [2.05, 4.69) is 187 Å². The van der Waals surface area contributed by atoms with Crippen LogP contribution < -0.4 is 0 Å². The van der Waals surface area contributed by atoms with Gasteiger partial charge in [-0.15, -0.1) is 0 Å². The van der Waals surface area contributed by atoms with Crippen LogP contribution in [0.2, 0.25) is 0 Å². The van der Waals surface area contributed by atoms with Gasteiger partial charge in [0.05, 0.1) is 22.4 Å². The van der Waals surface area contributed by atoms with Gasteiger partial charge < -0.3 is 0 Å². The zero-order valence-electron chi connectivity index (χ0n) is 36.9. The Kier molecular flexibility index (Phi) is 10.5. The summed E-state index contributed by atoms with van der Waals surface area (Å²) in [6.07, 6.45) is 25.1. The maximum atomic E-state index is 5.56. The number of allylic oxidation sites excluding steroid dienone is 8. The van der Waals surface area contributed by atoms with Crippen molar-refractivity contribution in [1.29, 1.82) is 0 Å². The van der Waals surface area contributed by atoms with Crippen molar-refractivity contribution >= 4 is 43.7 Å². The zero-order chi connectivity index (χ0) is 43.8. The van der Waals surface area contributed by atoms with E-state index in [0.717, 1.165) is 112 Å². The van der Waals surface area contributed by atoms with Gasteiger partial charge in [0.1, 0.15) is 0 Å². The number of pyridine rings is 3. The van der Waals surface area contributed by atoms with Gasteiger partial charge in [-0.25, -0.2) is 19.9 Å². The van der Waals surface area contributed by atoms with Gasteiger partial charge in [0.25, 0.3) is 0 Å². The van der Waals surface area contributed by atoms with E-state index in [4.69, 9.17) is 19.9 Å². The minimum Gasteiger partial charge on any atom is -0.264 e. The lowest BCUT2D eigenvalue weighted by molar-refractivity contribution is 0.610. The monoisotopic (exact) mass is 851 g/mol. The second-order valence-corrected chi connectivity index (χ2v) is 18.1. The van der Waals surface area contributed by atoms with E-state index < -0.39 is 0 Å². The van der Waals surface area contributed by atoms with Crippen LogP contribution in [0.3, 0.4) is 0 Å². The van der Waals surface area contributed by atoms with Gasteiger partial charge in [-0.1, -0.05) is 152 Å². The van der Waals surface area contributed by atoms with Crippen LogP contribution in [0.4, 0.5) is 0 Å². The normalized spacial score (nSPS) is 18.4. The van der Waals surface area contributed by atoms with Crippen molar-refractivity contribution in [3.63, 3.8) is 0 Å². The van der Waals surface area contributed by atoms with Crippen LogP contribution in [0.25, 0.3) is 77.6 Å². The molecule has 3 aliphatic rings. The SMILES string of the molecule is C1=CCC(c2cc(C3C=C(c4cccc(-c5nc(-c6ccccc6)cc(C6CCC=C(c7cccc8cnccc78)C6)n5)c4)C=CC3)nc3c2ccc2ccc(-c4ccccc4)nc23)CC1. The van der Waals surface area contributed by atoms with Crippen molar-refractivity contribution in [2.75, 3.05) is 0 Å². The number of benzene rings is 5.